The van der Waals surface area contributed by atoms with Gasteiger partial charge in [-0.1, -0.05) is 59.8 Å². The summed E-state index contributed by atoms with van der Waals surface area (Å²) in [5, 5.41) is 23.3. The number of aromatic nitrogens is 2. The van der Waals surface area contributed by atoms with E-state index in [1.165, 1.54) is 18.2 Å². The maximum absolute atomic E-state index is 12.1. The maximum Gasteiger partial charge on any atom is 0.277 e. The van der Waals surface area contributed by atoms with Gasteiger partial charge in [-0.2, -0.15) is 0 Å². The molecule has 2 N–H and O–H groups in total. The molecule has 0 saturated carbocycles. The standard InChI is InChI=1S/C20H14ClN3O3S/c21-13-8-9-17(25)16(10-13)22-18(26)11-28-20-24-23-19(27-20)15-7-3-5-12-4-1-2-6-14(12)15/h1-10,25H,11H2,(H,22,26). The van der Waals surface area contributed by atoms with E-state index in [9.17, 15) is 9.90 Å². The van der Waals surface area contributed by atoms with Gasteiger partial charge in [0.1, 0.15) is 5.75 Å². The number of rotatable bonds is 5. The summed E-state index contributed by atoms with van der Waals surface area (Å²) >= 11 is 6.99. The minimum Gasteiger partial charge on any atom is -0.506 e. The summed E-state index contributed by atoms with van der Waals surface area (Å²) < 4.78 is 5.71. The van der Waals surface area contributed by atoms with E-state index in [1.807, 2.05) is 42.5 Å². The number of hydrogen-bond acceptors (Lipinski definition) is 6. The number of nitrogens with one attached hydrogen (secondary N) is 1. The van der Waals surface area contributed by atoms with Gasteiger partial charge in [-0.05, 0) is 35.0 Å². The summed E-state index contributed by atoms with van der Waals surface area (Å²) in [5.74, 6) is 0.0572. The van der Waals surface area contributed by atoms with Crippen LogP contribution < -0.4 is 5.32 Å². The highest BCUT2D eigenvalue weighted by Crippen LogP contribution is 2.30. The predicted octanol–water partition coefficient (Wildman–Crippen LogP) is 4.98. The Morgan fingerprint density at radius 3 is 2.82 bits per heavy atom. The molecule has 0 bridgehead atoms. The van der Waals surface area contributed by atoms with Crippen molar-refractivity contribution in [1.29, 1.82) is 0 Å². The molecule has 8 heteroatoms. The number of benzene rings is 3. The van der Waals surface area contributed by atoms with Crippen LogP contribution in [0.5, 0.6) is 5.75 Å². The van der Waals surface area contributed by atoms with E-state index in [-0.39, 0.29) is 28.3 Å². The third-order valence-electron chi connectivity index (χ3n) is 3.99. The lowest BCUT2D eigenvalue weighted by Gasteiger charge is -2.06. The van der Waals surface area contributed by atoms with E-state index >= 15 is 0 Å². The zero-order chi connectivity index (χ0) is 19.5. The highest BCUT2D eigenvalue weighted by molar-refractivity contribution is 7.99. The van der Waals surface area contributed by atoms with Crippen LogP contribution >= 0.6 is 23.4 Å². The first-order chi connectivity index (χ1) is 13.6. The van der Waals surface area contributed by atoms with Crippen LogP contribution in [0.15, 0.2) is 70.3 Å². The Morgan fingerprint density at radius 2 is 1.93 bits per heavy atom. The molecular formula is C20H14ClN3O3S. The van der Waals surface area contributed by atoms with Crippen LogP contribution in [0, 0.1) is 0 Å². The Bertz CT molecular complexity index is 1160. The second-order valence-electron chi connectivity index (χ2n) is 5.90. The summed E-state index contributed by atoms with van der Waals surface area (Å²) in [6.07, 6.45) is 0. The average Bonchev–Trinajstić information content (AvgIpc) is 3.18. The largest absolute Gasteiger partial charge is 0.506 e. The van der Waals surface area contributed by atoms with Gasteiger partial charge in [-0.15, -0.1) is 10.2 Å². The van der Waals surface area contributed by atoms with Crippen LogP contribution in [0.25, 0.3) is 22.2 Å². The molecule has 140 valence electrons. The van der Waals surface area contributed by atoms with Crippen LogP contribution in [0.2, 0.25) is 5.02 Å². The number of anilines is 1. The van der Waals surface area contributed by atoms with Gasteiger partial charge in [-0.3, -0.25) is 4.79 Å². The Morgan fingerprint density at radius 1 is 1.11 bits per heavy atom. The van der Waals surface area contributed by atoms with E-state index in [0.29, 0.717) is 10.9 Å². The monoisotopic (exact) mass is 411 g/mol. The quantitative estimate of drug-likeness (QED) is 0.355. The number of hydrogen-bond donors (Lipinski definition) is 2. The highest BCUT2D eigenvalue weighted by atomic mass is 35.5. The van der Waals surface area contributed by atoms with Crippen molar-refractivity contribution in [3.8, 4) is 17.2 Å². The average molecular weight is 412 g/mol. The van der Waals surface area contributed by atoms with Crippen molar-refractivity contribution < 1.29 is 14.3 Å². The molecule has 0 aliphatic heterocycles. The van der Waals surface area contributed by atoms with Gasteiger partial charge in [0.15, 0.2) is 0 Å². The zero-order valence-electron chi connectivity index (χ0n) is 14.4. The molecular weight excluding hydrogens is 398 g/mol. The van der Waals surface area contributed by atoms with Crippen molar-refractivity contribution in [3.05, 3.63) is 65.7 Å². The van der Waals surface area contributed by atoms with E-state index in [2.05, 4.69) is 15.5 Å². The number of carbonyl (C=O) groups excluding carboxylic acids is 1. The second kappa shape index (κ2) is 7.92. The molecule has 0 atom stereocenters. The van der Waals surface area contributed by atoms with E-state index in [1.54, 1.807) is 0 Å². The fourth-order valence-corrected chi connectivity index (χ4v) is 3.45. The number of fused-ring (bicyclic) bond motifs is 1. The number of carbonyl (C=O) groups is 1. The smallest absolute Gasteiger partial charge is 0.277 e. The van der Waals surface area contributed by atoms with Gasteiger partial charge in [-0.25, -0.2) is 0 Å². The van der Waals surface area contributed by atoms with Gasteiger partial charge in [0.25, 0.3) is 5.22 Å². The van der Waals surface area contributed by atoms with E-state index in [4.69, 9.17) is 16.0 Å². The topological polar surface area (TPSA) is 88.2 Å². The molecule has 3 aromatic carbocycles. The lowest BCUT2D eigenvalue weighted by Crippen LogP contribution is -2.14. The Kier molecular flexibility index (Phi) is 5.18. The first kappa shape index (κ1) is 18.3. The molecule has 0 spiro atoms. The fourth-order valence-electron chi connectivity index (χ4n) is 2.71. The van der Waals surface area contributed by atoms with Crippen LogP contribution in [-0.2, 0) is 4.79 Å². The molecule has 0 aliphatic carbocycles. The van der Waals surface area contributed by atoms with Crippen LogP contribution in [0.4, 0.5) is 5.69 Å². The number of amides is 1. The molecule has 0 radical (unpaired) electrons. The van der Waals surface area contributed by atoms with Gasteiger partial charge in [0.05, 0.1) is 11.4 Å². The molecule has 0 unspecified atom stereocenters. The van der Waals surface area contributed by atoms with Gasteiger partial charge < -0.3 is 14.8 Å². The first-order valence-corrected chi connectivity index (χ1v) is 9.69. The summed E-state index contributed by atoms with van der Waals surface area (Å²) in [7, 11) is 0. The predicted molar refractivity (Wildman–Crippen MR) is 110 cm³/mol. The van der Waals surface area contributed by atoms with Gasteiger partial charge in [0, 0.05) is 10.6 Å². The van der Waals surface area contributed by atoms with Gasteiger partial charge >= 0.3 is 0 Å². The van der Waals surface area contributed by atoms with Crippen molar-refractivity contribution >= 4 is 45.7 Å². The number of thioether (sulfide) groups is 1. The molecule has 0 saturated heterocycles. The van der Waals surface area contributed by atoms with Crippen molar-refractivity contribution in [1.82, 2.24) is 10.2 Å². The van der Waals surface area contributed by atoms with Crippen molar-refractivity contribution in [2.24, 2.45) is 0 Å². The third kappa shape index (κ3) is 3.95. The molecule has 0 fully saturated rings. The highest BCUT2D eigenvalue weighted by Gasteiger charge is 2.14. The molecule has 1 heterocycles. The minimum absolute atomic E-state index is 0.0448. The van der Waals surface area contributed by atoms with Crippen LogP contribution in [-0.4, -0.2) is 27.0 Å². The fraction of sp³-hybridized carbons (Fsp3) is 0.0500. The maximum atomic E-state index is 12.1. The summed E-state index contributed by atoms with van der Waals surface area (Å²) in [6.45, 7) is 0. The molecule has 0 aliphatic rings. The van der Waals surface area contributed by atoms with Crippen LogP contribution in [0.1, 0.15) is 0 Å². The summed E-state index contributed by atoms with van der Waals surface area (Å²) in [4.78, 5) is 12.1. The Balaban J connectivity index is 1.45. The molecule has 28 heavy (non-hydrogen) atoms. The Hall–Kier alpha value is -3.03. The number of halogens is 1. The lowest BCUT2D eigenvalue weighted by molar-refractivity contribution is -0.113. The number of phenols is 1. The minimum atomic E-state index is -0.326. The van der Waals surface area contributed by atoms with Gasteiger partial charge in [0.2, 0.25) is 11.8 Å². The normalized spacial score (nSPS) is 10.9. The van der Waals surface area contributed by atoms with Crippen molar-refractivity contribution in [3.63, 3.8) is 0 Å². The molecule has 4 aromatic rings. The molecule has 1 aromatic heterocycles. The zero-order valence-corrected chi connectivity index (χ0v) is 16.0. The van der Waals surface area contributed by atoms with Crippen molar-refractivity contribution in [2.45, 2.75) is 5.22 Å². The lowest BCUT2D eigenvalue weighted by atomic mass is 10.0. The summed E-state index contributed by atoms with van der Waals surface area (Å²) in [6, 6.07) is 18.2. The van der Waals surface area contributed by atoms with Crippen molar-refractivity contribution in [2.75, 3.05) is 11.1 Å². The van der Waals surface area contributed by atoms with E-state index < -0.39 is 0 Å². The third-order valence-corrected chi connectivity index (χ3v) is 5.04. The molecule has 4 rings (SSSR count). The number of nitrogens with zero attached hydrogens (tertiary/aromatic N) is 2. The number of aromatic hydroxyl groups is 1. The first-order valence-electron chi connectivity index (χ1n) is 8.33. The number of phenolic OH excluding ortho intramolecular Hbond substituents is 1. The summed E-state index contributed by atoms with van der Waals surface area (Å²) in [5.41, 5.74) is 1.09. The second-order valence-corrected chi connectivity index (χ2v) is 7.26. The Labute approximate surface area is 169 Å². The van der Waals surface area contributed by atoms with E-state index in [0.717, 1.165) is 28.1 Å². The van der Waals surface area contributed by atoms with Crippen LogP contribution in [0.3, 0.4) is 0 Å². The SMILES string of the molecule is O=C(CSc1nnc(-c2cccc3ccccc23)o1)Nc1cc(Cl)ccc1O. The molecule has 1 amide bonds. The molecule has 6 nitrogen and oxygen atoms in total.